The topological polar surface area (TPSA) is 70.2 Å². The Labute approximate surface area is 114 Å². The van der Waals surface area contributed by atoms with Crippen LogP contribution < -0.4 is 10.6 Å². The lowest BCUT2D eigenvalue weighted by molar-refractivity contribution is 0.0910. The van der Waals surface area contributed by atoms with Crippen LogP contribution in [0.15, 0.2) is 12.1 Å². The summed E-state index contributed by atoms with van der Waals surface area (Å²) in [6.45, 7) is 4.97. The lowest BCUT2D eigenvalue weighted by Gasteiger charge is -2.25. The maximum atomic E-state index is 12.1. The Morgan fingerprint density at radius 2 is 2.00 bits per heavy atom. The molecule has 1 unspecified atom stereocenters. The van der Waals surface area contributed by atoms with Crippen molar-refractivity contribution in [3.05, 3.63) is 17.8 Å². The molecule has 0 aromatic carbocycles. The summed E-state index contributed by atoms with van der Waals surface area (Å²) < 4.78 is 0. The molecule has 1 amide bonds. The molecule has 0 spiro atoms. The van der Waals surface area contributed by atoms with Gasteiger partial charge in [-0.05, 0) is 32.1 Å². The van der Waals surface area contributed by atoms with Crippen LogP contribution in [-0.2, 0) is 0 Å². The van der Waals surface area contributed by atoms with Crippen LogP contribution in [-0.4, -0.2) is 54.7 Å². The Kier molecular flexibility index (Phi) is 5.69. The third-order valence-electron chi connectivity index (χ3n) is 2.84. The van der Waals surface area contributed by atoms with Gasteiger partial charge in [0, 0.05) is 19.6 Å². The Hall–Kier alpha value is -1.69. The van der Waals surface area contributed by atoms with Gasteiger partial charge in [-0.1, -0.05) is 13.8 Å². The average Bonchev–Trinajstić information content (AvgIpc) is 2.37. The number of carbonyl (C=O) groups is 1. The maximum Gasteiger partial charge on any atom is 0.272 e. The smallest absolute Gasteiger partial charge is 0.272 e. The average molecular weight is 265 g/mol. The van der Waals surface area contributed by atoms with E-state index in [0.717, 1.165) is 6.54 Å². The number of rotatable bonds is 6. The molecule has 6 heteroatoms. The van der Waals surface area contributed by atoms with Crippen molar-refractivity contribution in [2.24, 2.45) is 5.92 Å². The molecular weight excluding hydrogens is 242 g/mol. The van der Waals surface area contributed by atoms with Gasteiger partial charge in [0.25, 0.3) is 5.91 Å². The van der Waals surface area contributed by atoms with E-state index in [1.165, 1.54) is 0 Å². The van der Waals surface area contributed by atoms with Crippen molar-refractivity contribution in [1.82, 2.24) is 20.4 Å². The monoisotopic (exact) mass is 265 g/mol. The number of anilines is 1. The fourth-order valence-corrected chi connectivity index (χ4v) is 1.65. The number of likely N-dealkylation sites (N-methyl/N-ethyl adjacent to an activating group) is 1. The van der Waals surface area contributed by atoms with Crippen molar-refractivity contribution >= 4 is 11.7 Å². The lowest BCUT2D eigenvalue weighted by Crippen LogP contribution is -2.45. The molecule has 6 nitrogen and oxygen atoms in total. The summed E-state index contributed by atoms with van der Waals surface area (Å²) in [5, 5.41) is 13.7. The molecule has 0 saturated carbocycles. The second kappa shape index (κ2) is 7.04. The van der Waals surface area contributed by atoms with Gasteiger partial charge < -0.3 is 15.5 Å². The van der Waals surface area contributed by atoms with Crippen molar-refractivity contribution in [3.63, 3.8) is 0 Å². The van der Waals surface area contributed by atoms with E-state index in [1.54, 1.807) is 19.2 Å². The van der Waals surface area contributed by atoms with Gasteiger partial charge in [-0.25, -0.2) is 0 Å². The summed E-state index contributed by atoms with van der Waals surface area (Å²) in [4.78, 5) is 14.1. The van der Waals surface area contributed by atoms with E-state index in [4.69, 9.17) is 0 Å². The van der Waals surface area contributed by atoms with Crippen LogP contribution in [0, 0.1) is 5.92 Å². The van der Waals surface area contributed by atoms with E-state index in [1.807, 2.05) is 14.1 Å². The van der Waals surface area contributed by atoms with E-state index in [0.29, 0.717) is 17.4 Å². The predicted molar refractivity (Wildman–Crippen MR) is 76.2 cm³/mol. The summed E-state index contributed by atoms with van der Waals surface area (Å²) in [5.41, 5.74) is 0.336. The first-order valence-corrected chi connectivity index (χ1v) is 6.41. The quantitative estimate of drug-likeness (QED) is 0.797. The summed E-state index contributed by atoms with van der Waals surface area (Å²) in [5.74, 6) is 0.817. The first-order valence-electron chi connectivity index (χ1n) is 6.41. The third kappa shape index (κ3) is 4.82. The number of nitrogens with one attached hydrogen (secondary N) is 2. The van der Waals surface area contributed by atoms with Gasteiger partial charge in [0.1, 0.15) is 5.82 Å². The van der Waals surface area contributed by atoms with E-state index in [-0.39, 0.29) is 11.9 Å². The SMILES string of the molecule is CNc1ccc(C(=O)NC(CN(C)C)C(C)C)nn1. The van der Waals surface area contributed by atoms with Crippen LogP contribution in [0.5, 0.6) is 0 Å². The molecule has 1 aromatic rings. The molecule has 0 bridgehead atoms. The fraction of sp³-hybridized carbons (Fsp3) is 0.615. The van der Waals surface area contributed by atoms with Crippen molar-refractivity contribution in [3.8, 4) is 0 Å². The molecule has 0 radical (unpaired) electrons. The first kappa shape index (κ1) is 15.4. The Morgan fingerprint density at radius 1 is 1.32 bits per heavy atom. The number of aromatic nitrogens is 2. The molecule has 1 aromatic heterocycles. The van der Waals surface area contributed by atoms with Crippen molar-refractivity contribution in [2.45, 2.75) is 19.9 Å². The zero-order valence-electron chi connectivity index (χ0n) is 12.3. The maximum absolute atomic E-state index is 12.1. The number of hydrogen-bond acceptors (Lipinski definition) is 5. The second-order valence-electron chi connectivity index (χ2n) is 5.14. The van der Waals surface area contributed by atoms with Gasteiger partial charge in [-0.15, -0.1) is 10.2 Å². The molecule has 1 atom stereocenters. The van der Waals surface area contributed by atoms with Crippen molar-refractivity contribution < 1.29 is 4.79 Å². The normalized spacial score (nSPS) is 12.6. The number of amides is 1. The predicted octanol–water partition coefficient (Wildman–Crippen LogP) is 0.834. The van der Waals surface area contributed by atoms with Crippen LogP contribution in [0.1, 0.15) is 24.3 Å². The molecule has 0 saturated heterocycles. The Morgan fingerprint density at radius 3 is 2.42 bits per heavy atom. The zero-order valence-corrected chi connectivity index (χ0v) is 12.3. The molecule has 1 heterocycles. The largest absolute Gasteiger partial charge is 0.372 e. The number of carbonyl (C=O) groups excluding carboxylic acids is 1. The molecule has 0 aliphatic carbocycles. The van der Waals surface area contributed by atoms with Crippen LogP contribution in [0.4, 0.5) is 5.82 Å². The van der Waals surface area contributed by atoms with Gasteiger partial charge in [-0.3, -0.25) is 4.79 Å². The van der Waals surface area contributed by atoms with E-state index < -0.39 is 0 Å². The van der Waals surface area contributed by atoms with Crippen molar-refractivity contribution in [2.75, 3.05) is 33.0 Å². The van der Waals surface area contributed by atoms with E-state index >= 15 is 0 Å². The third-order valence-corrected chi connectivity index (χ3v) is 2.84. The molecule has 0 fully saturated rings. The van der Waals surface area contributed by atoms with Crippen LogP contribution in [0.25, 0.3) is 0 Å². The van der Waals surface area contributed by atoms with Crippen molar-refractivity contribution in [1.29, 1.82) is 0 Å². The van der Waals surface area contributed by atoms with Gasteiger partial charge in [0.15, 0.2) is 5.69 Å². The molecule has 19 heavy (non-hydrogen) atoms. The minimum Gasteiger partial charge on any atom is -0.372 e. The standard InChI is InChI=1S/C13H23N5O/c1-9(2)11(8-18(4)5)15-13(19)10-6-7-12(14-3)17-16-10/h6-7,9,11H,8H2,1-5H3,(H,14,17)(H,15,19). The summed E-state index contributed by atoms with van der Waals surface area (Å²) in [6, 6.07) is 3.49. The second-order valence-corrected chi connectivity index (χ2v) is 5.14. The lowest BCUT2D eigenvalue weighted by atomic mass is 10.0. The van der Waals surface area contributed by atoms with E-state index in [2.05, 4.69) is 39.6 Å². The fourth-order valence-electron chi connectivity index (χ4n) is 1.65. The van der Waals surface area contributed by atoms with Gasteiger partial charge in [0.2, 0.25) is 0 Å². The highest BCUT2D eigenvalue weighted by molar-refractivity contribution is 5.92. The molecule has 0 aliphatic rings. The highest BCUT2D eigenvalue weighted by Crippen LogP contribution is 2.05. The van der Waals surface area contributed by atoms with Gasteiger partial charge >= 0.3 is 0 Å². The van der Waals surface area contributed by atoms with Crippen LogP contribution in [0.2, 0.25) is 0 Å². The summed E-state index contributed by atoms with van der Waals surface area (Å²) in [7, 11) is 5.74. The van der Waals surface area contributed by atoms with Crippen LogP contribution >= 0.6 is 0 Å². The minimum absolute atomic E-state index is 0.0910. The highest BCUT2D eigenvalue weighted by atomic mass is 16.2. The molecule has 1 rings (SSSR count). The molecule has 0 aliphatic heterocycles. The number of hydrogen-bond donors (Lipinski definition) is 2. The molecule has 2 N–H and O–H groups in total. The number of nitrogens with zero attached hydrogens (tertiary/aromatic N) is 3. The van der Waals surface area contributed by atoms with Gasteiger partial charge in [0.05, 0.1) is 0 Å². The Balaban J connectivity index is 2.70. The summed E-state index contributed by atoms with van der Waals surface area (Å²) in [6.07, 6.45) is 0. The minimum atomic E-state index is -0.185. The summed E-state index contributed by atoms with van der Waals surface area (Å²) >= 11 is 0. The van der Waals surface area contributed by atoms with Gasteiger partial charge in [-0.2, -0.15) is 0 Å². The highest BCUT2D eigenvalue weighted by Gasteiger charge is 2.18. The molecule has 106 valence electrons. The van der Waals surface area contributed by atoms with Crippen LogP contribution in [0.3, 0.4) is 0 Å². The van der Waals surface area contributed by atoms with E-state index in [9.17, 15) is 4.79 Å². The molecular formula is C13H23N5O. The Bertz CT molecular complexity index is 402. The zero-order chi connectivity index (χ0) is 14.4. The first-order chi connectivity index (χ1) is 8.93.